The van der Waals surface area contributed by atoms with Crippen LogP contribution in [-0.4, -0.2) is 17.0 Å². The van der Waals surface area contributed by atoms with Crippen LogP contribution in [0.15, 0.2) is 42.5 Å². The molecule has 0 radical (unpaired) electrons. The largest absolute Gasteiger partial charge is 0.481 e. The van der Waals surface area contributed by atoms with Gasteiger partial charge in [-0.1, -0.05) is 36.2 Å². The molecule has 2 N–H and O–H groups in total. The second-order valence-corrected chi connectivity index (χ2v) is 7.68. The molecular weight excluding hydrogens is 429 g/mol. The zero-order chi connectivity index (χ0) is 18.6. The summed E-state index contributed by atoms with van der Waals surface area (Å²) in [4.78, 5) is 24.2. The third-order valence-corrected chi connectivity index (χ3v) is 4.90. The van der Waals surface area contributed by atoms with Gasteiger partial charge in [0.05, 0.1) is 11.8 Å². The molecule has 0 saturated carbocycles. The van der Waals surface area contributed by atoms with Crippen molar-refractivity contribution in [1.29, 1.82) is 0 Å². The minimum absolute atomic E-state index is 0.268. The quantitative estimate of drug-likeness (QED) is 0.639. The van der Waals surface area contributed by atoms with Crippen LogP contribution in [0.1, 0.15) is 23.6 Å². The van der Waals surface area contributed by atoms with Crippen LogP contribution in [0.2, 0.25) is 0 Å². The number of amides is 1. The molecule has 0 bridgehead atoms. The summed E-state index contributed by atoms with van der Waals surface area (Å²) in [5.74, 6) is -2.65. The molecule has 2 aromatic rings. The lowest BCUT2D eigenvalue weighted by atomic mass is 9.86. The summed E-state index contributed by atoms with van der Waals surface area (Å²) < 4.78 is 1.07. The fourth-order valence-electron chi connectivity index (χ4n) is 2.88. The van der Waals surface area contributed by atoms with E-state index in [9.17, 15) is 14.7 Å². The first-order valence-electron chi connectivity index (χ1n) is 8.12. The normalized spacial score (nSPS) is 13.1. The van der Waals surface area contributed by atoms with E-state index in [0.29, 0.717) is 12.1 Å². The molecule has 0 aliphatic rings. The molecule has 0 aromatic heterocycles. The Morgan fingerprint density at radius 1 is 1.08 bits per heavy atom. The number of hydrogen-bond donors (Lipinski definition) is 2. The lowest BCUT2D eigenvalue weighted by Gasteiger charge is -2.21. The van der Waals surface area contributed by atoms with Gasteiger partial charge in [0.2, 0.25) is 5.91 Å². The molecule has 2 aromatic carbocycles. The van der Waals surface area contributed by atoms with Crippen molar-refractivity contribution in [3.05, 3.63) is 62.7 Å². The highest BCUT2D eigenvalue weighted by molar-refractivity contribution is 14.1. The third-order valence-electron chi connectivity index (χ3n) is 4.18. The van der Waals surface area contributed by atoms with Crippen molar-refractivity contribution in [2.45, 2.75) is 27.2 Å². The first kappa shape index (κ1) is 19.4. The molecule has 132 valence electrons. The van der Waals surface area contributed by atoms with Gasteiger partial charge in [0, 0.05) is 9.26 Å². The molecule has 2 rings (SSSR count). The predicted molar refractivity (Wildman–Crippen MR) is 108 cm³/mol. The molecule has 5 heteroatoms. The van der Waals surface area contributed by atoms with Gasteiger partial charge in [0.15, 0.2) is 0 Å². The van der Waals surface area contributed by atoms with E-state index in [2.05, 4.69) is 34.0 Å². The highest BCUT2D eigenvalue weighted by Crippen LogP contribution is 2.22. The van der Waals surface area contributed by atoms with Crippen LogP contribution in [0.3, 0.4) is 0 Å². The number of anilines is 1. The van der Waals surface area contributed by atoms with Crippen molar-refractivity contribution in [1.82, 2.24) is 0 Å². The van der Waals surface area contributed by atoms with Crippen molar-refractivity contribution in [2.24, 2.45) is 11.8 Å². The van der Waals surface area contributed by atoms with Crippen LogP contribution in [0.4, 0.5) is 5.69 Å². The number of benzene rings is 2. The summed E-state index contributed by atoms with van der Waals surface area (Å²) in [6.07, 6.45) is 0.395. The Morgan fingerprint density at radius 3 is 2.16 bits per heavy atom. The van der Waals surface area contributed by atoms with Gasteiger partial charge in [-0.2, -0.15) is 0 Å². The van der Waals surface area contributed by atoms with Crippen LogP contribution in [-0.2, 0) is 16.0 Å². The maximum atomic E-state index is 12.7. The molecular formula is C20H22INO3. The number of carboxylic acid groups (broad SMARTS) is 1. The van der Waals surface area contributed by atoms with Crippen LogP contribution in [0.5, 0.6) is 0 Å². The zero-order valence-electron chi connectivity index (χ0n) is 14.5. The van der Waals surface area contributed by atoms with Crippen molar-refractivity contribution in [3.63, 3.8) is 0 Å². The number of aryl methyl sites for hydroxylation is 2. The highest BCUT2D eigenvalue weighted by atomic mass is 127. The fourth-order valence-corrected chi connectivity index (χ4v) is 3.24. The number of carbonyl (C=O) groups excluding carboxylic acids is 1. The molecule has 0 aliphatic carbocycles. The maximum Gasteiger partial charge on any atom is 0.307 e. The Hall–Kier alpha value is -1.89. The number of nitrogens with one attached hydrogen (secondary N) is 1. The minimum atomic E-state index is -0.966. The Kier molecular flexibility index (Phi) is 6.58. The van der Waals surface area contributed by atoms with Crippen molar-refractivity contribution in [2.75, 3.05) is 5.32 Å². The molecule has 4 nitrogen and oxygen atoms in total. The van der Waals surface area contributed by atoms with Gasteiger partial charge in [-0.15, -0.1) is 0 Å². The van der Waals surface area contributed by atoms with E-state index in [1.807, 2.05) is 50.2 Å². The van der Waals surface area contributed by atoms with Crippen LogP contribution in [0, 0.1) is 29.3 Å². The van der Waals surface area contributed by atoms with E-state index >= 15 is 0 Å². The van der Waals surface area contributed by atoms with Gasteiger partial charge in [-0.3, -0.25) is 9.59 Å². The Bertz CT molecular complexity index is 751. The fraction of sp³-hybridized carbons (Fsp3) is 0.300. The first-order chi connectivity index (χ1) is 11.8. The number of carboxylic acids is 1. The Balaban J connectivity index is 2.23. The van der Waals surface area contributed by atoms with E-state index in [4.69, 9.17) is 0 Å². The maximum absolute atomic E-state index is 12.7. The molecule has 2 unspecified atom stereocenters. The van der Waals surface area contributed by atoms with Crippen molar-refractivity contribution >= 4 is 40.2 Å². The number of halogens is 1. The SMILES string of the molecule is Cc1cc(C)cc(CC(C(=O)Nc2ccc(I)cc2)C(C)C(=O)O)c1. The second kappa shape index (κ2) is 8.47. The highest BCUT2D eigenvalue weighted by Gasteiger charge is 2.30. The minimum Gasteiger partial charge on any atom is -0.481 e. The van der Waals surface area contributed by atoms with E-state index in [-0.39, 0.29) is 5.91 Å². The lowest BCUT2D eigenvalue weighted by molar-refractivity contribution is -0.145. The summed E-state index contributed by atoms with van der Waals surface area (Å²) in [5, 5.41) is 12.3. The molecule has 25 heavy (non-hydrogen) atoms. The van der Waals surface area contributed by atoms with Crippen molar-refractivity contribution < 1.29 is 14.7 Å². The summed E-state index contributed by atoms with van der Waals surface area (Å²) in [5.41, 5.74) is 3.87. The molecule has 0 aliphatic heterocycles. The average molecular weight is 451 g/mol. The van der Waals surface area contributed by atoms with Gasteiger partial charge in [-0.25, -0.2) is 0 Å². The van der Waals surface area contributed by atoms with E-state index in [1.54, 1.807) is 6.92 Å². The van der Waals surface area contributed by atoms with Gasteiger partial charge < -0.3 is 10.4 Å². The standard InChI is InChI=1S/C20H22INO3/c1-12-8-13(2)10-15(9-12)11-18(14(3)20(24)25)19(23)22-17-6-4-16(21)5-7-17/h4-10,14,18H,11H2,1-3H3,(H,22,23)(H,24,25). The molecule has 0 fully saturated rings. The van der Waals surface area contributed by atoms with E-state index in [1.165, 1.54) is 0 Å². The Morgan fingerprint density at radius 2 is 1.64 bits per heavy atom. The van der Waals surface area contributed by atoms with Gasteiger partial charge in [0.1, 0.15) is 0 Å². The number of hydrogen-bond acceptors (Lipinski definition) is 2. The smallest absolute Gasteiger partial charge is 0.307 e. The van der Waals surface area contributed by atoms with Gasteiger partial charge in [0.25, 0.3) is 0 Å². The van der Waals surface area contributed by atoms with Crippen LogP contribution in [0.25, 0.3) is 0 Å². The number of carbonyl (C=O) groups is 2. The van der Waals surface area contributed by atoms with Crippen molar-refractivity contribution in [3.8, 4) is 0 Å². The van der Waals surface area contributed by atoms with Gasteiger partial charge in [-0.05, 0) is 72.7 Å². The average Bonchev–Trinajstić information content (AvgIpc) is 2.53. The third kappa shape index (κ3) is 5.56. The van der Waals surface area contributed by atoms with Crippen LogP contribution < -0.4 is 5.32 Å². The molecule has 0 saturated heterocycles. The molecule has 2 atom stereocenters. The van der Waals surface area contributed by atoms with E-state index in [0.717, 1.165) is 20.3 Å². The lowest BCUT2D eigenvalue weighted by Crippen LogP contribution is -2.33. The monoisotopic (exact) mass is 451 g/mol. The molecule has 0 heterocycles. The Labute approximate surface area is 161 Å². The summed E-state index contributed by atoms with van der Waals surface area (Å²) in [7, 11) is 0. The number of rotatable bonds is 6. The topological polar surface area (TPSA) is 66.4 Å². The predicted octanol–water partition coefficient (Wildman–Crippen LogP) is 4.43. The zero-order valence-corrected chi connectivity index (χ0v) is 16.7. The van der Waals surface area contributed by atoms with Gasteiger partial charge >= 0.3 is 5.97 Å². The molecule has 0 spiro atoms. The summed E-state index contributed by atoms with van der Waals surface area (Å²) >= 11 is 2.19. The number of aliphatic carboxylic acids is 1. The van der Waals surface area contributed by atoms with E-state index < -0.39 is 17.8 Å². The first-order valence-corrected chi connectivity index (χ1v) is 9.20. The van der Waals surface area contributed by atoms with Crippen LogP contribution >= 0.6 is 22.6 Å². The summed E-state index contributed by atoms with van der Waals surface area (Å²) in [6, 6.07) is 13.5. The summed E-state index contributed by atoms with van der Waals surface area (Å²) in [6.45, 7) is 5.58. The molecule has 1 amide bonds. The second-order valence-electron chi connectivity index (χ2n) is 6.43.